The standard InChI is InChI=1S/C12H9ClFN3/c13-12(11-3-1-2-8-15-11)17-16-10-6-4-9(14)5-7-10/h1-8,16H/b17-12-. The van der Waals surface area contributed by atoms with E-state index in [2.05, 4.69) is 15.5 Å². The van der Waals surface area contributed by atoms with Gasteiger partial charge in [0.05, 0.1) is 5.69 Å². The minimum atomic E-state index is -0.296. The Morgan fingerprint density at radius 1 is 1.18 bits per heavy atom. The van der Waals surface area contributed by atoms with E-state index in [1.165, 1.54) is 12.1 Å². The van der Waals surface area contributed by atoms with Crippen LogP contribution in [0.4, 0.5) is 10.1 Å². The molecule has 0 radical (unpaired) electrons. The first-order valence-corrected chi connectivity index (χ1v) is 5.29. The average molecular weight is 250 g/mol. The molecule has 0 unspecified atom stereocenters. The van der Waals surface area contributed by atoms with Gasteiger partial charge in [0.25, 0.3) is 0 Å². The quantitative estimate of drug-likeness (QED) is 0.670. The molecule has 1 aromatic carbocycles. The third-order valence-corrected chi connectivity index (χ3v) is 2.28. The fourth-order valence-corrected chi connectivity index (χ4v) is 1.33. The molecule has 0 aliphatic carbocycles. The van der Waals surface area contributed by atoms with Gasteiger partial charge in [-0.15, -0.1) is 0 Å². The second kappa shape index (κ2) is 5.41. The van der Waals surface area contributed by atoms with Gasteiger partial charge in [0, 0.05) is 6.20 Å². The zero-order valence-electron chi connectivity index (χ0n) is 8.77. The lowest BCUT2D eigenvalue weighted by atomic mass is 10.3. The van der Waals surface area contributed by atoms with Crippen LogP contribution >= 0.6 is 11.6 Å². The molecule has 1 heterocycles. The smallest absolute Gasteiger partial charge is 0.174 e. The van der Waals surface area contributed by atoms with Gasteiger partial charge < -0.3 is 0 Å². The Balaban J connectivity index is 2.08. The Labute approximate surface area is 103 Å². The second-order valence-electron chi connectivity index (χ2n) is 3.24. The first-order valence-electron chi connectivity index (χ1n) is 4.92. The first kappa shape index (κ1) is 11.5. The van der Waals surface area contributed by atoms with E-state index in [9.17, 15) is 4.39 Å². The van der Waals surface area contributed by atoms with Crippen molar-refractivity contribution in [3.05, 3.63) is 60.2 Å². The molecule has 0 aliphatic heterocycles. The average Bonchev–Trinajstić information content (AvgIpc) is 2.39. The monoisotopic (exact) mass is 249 g/mol. The van der Waals surface area contributed by atoms with Crippen molar-refractivity contribution in [1.29, 1.82) is 0 Å². The van der Waals surface area contributed by atoms with Crippen molar-refractivity contribution in [3.63, 3.8) is 0 Å². The molecule has 2 aromatic rings. The highest BCUT2D eigenvalue weighted by Gasteiger charge is 1.99. The molecule has 86 valence electrons. The molecule has 0 fully saturated rings. The maximum absolute atomic E-state index is 12.7. The molecule has 0 saturated heterocycles. The largest absolute Gasteiger partial charge is 0.277 e. The molecule has 0 amide bonds. The number of nitrogens with zero attached hydrogens (tertiary/aromatic N) is 2. The lowest BCUT2D eigenvalue weighted by molar-refractivity contribution is 0.628. The molecule has 1 N–H and O–H groups in total. The summed E-state index contributed by atoms with van der Waals surface area (Å²) in [5.41, 5.74) is 3.95. The summed E-state index contributed by atoms with van der Waals surface area (Å²) in [5, 5.41) is 4.19. The van der Waals surface area contributed by atoms with Gasteiger partial charge in [0.15, 0.2) is 5.17 Å². The maximum Gasteiger partial charge on any atom is 0.174 e. The molecule has 0 saturated carbocycles. The van der Waals surface area contributed by atoms with E-state index in [4.69, 9.17) is 11.6 Å². The molecular weight excluding hydrogens is 241 g/mol. The Hall–Kier alpha value is -1.94. The van der Waals surface area contributed by atoms with Crippen molar-refractivity contribution in [3.8, 4) is 0 Å². The van der Waals surface area contributed by atoms with E-state index < -0.39 is 0 Å². The topological polar surface area (TPSA) is 37.3 Å². The fourth-order valence-electron chi connectivity index (χ4n) is 1.18. The second-order valence-corrected chi connectivity index (χ2v) is 3.59. The summed E-state index contributed by atoms with van der Waals surface area (Å²) >= 11 is 5.94. The summed E-state index contributed by atoms with van der Waals surface area (Å²) in [5.74, 6) is -0.296. The molecule has 17 heavy (non-hydrogen) atoms. The number of hydrazone groups is 1. The predicted octanol–water partition coefficient (Wildman–Crippen LogP) is 3.23. The third kappa shape index (κ3) is 3.26. The third-order valence-electron chi connectivity index (χ3n) is 2.00. The SMILES string of the molecule is Fc1ccc(N/N=C(\Cl)c2ccccn2)cc1. The van der Waals surface area contributed by atoms with E-state index in [1.54, 1.807) is 30.5 Å². The first-order chi connectivity index (χ1) is 8.25. The Kier molecular flexibility index (Phi) is 3.67. The summed E-state index contributed by atoms with van der Waals surface area (Å²) in [6, 6.07) is 11.2. The van der Waals surface area contributed by atoms with Gasteiger partial charge in [0.2, 0.25) is 0 Å². The van der Waals surface area contributed by atoms with E-state index >= 15 is 0 Å². The number of rotatable bonds is 3. The molecule has 0 spiro atoms. The minimum Gasteiger partial charge on any atom is -0.277 e. The van der Waals surface area contributed by atoms with Crippen molar-refractivity contribution in [2.24, 2.45) is 5.10 Å². The van der Waals surface area contributed by atoms with Gasteiger partial charge in [-0.1, -0.05) is 17.7 Å². The van der Waals surface area contributed by atoms with Crippen LogP contribution in [0.3, 0.4) is 0 Å². The van der Waals surface area contributed by atoms with Crippen molar-refractivity contribution in [1.82, 2.24) is 4.98 Å². The normalized spacial score (nSPS) is 11.3. The van der Waals surface area contributed by atoms with Gasteiger partial charge in [0.1, 0.15) is 11.5 Å². The summed E-state index contributed by atoms with van der Waals surface area (Å²) in [6.07, 6.45) is 1.63. The summed E-state index contributed by atoms with van der Waals surface area (Å²) in [6.45, 7) is 0. The molecule has 1 aromatic heterocycles. The number of anilines is 1. The van der Waals surface area contributed by atoms with Gasteiger partial charge in [-0.3, -0.25) is 10.4 Å². The highest BCUT2D eigenvalue weighted by Crippen LogP contribution is 2.09. The van der Waals surface area contributed by atoms with Crippen molar-refractivity contribution < 1.29 is 4.39 Å². The van der Waals surface area contributed by atoms with Crippen LogP contribution < -0.4 is 5.43 Å². The number of hydrogen-bond donors (Lipinski definition) is 1. The number of benzene rings is 1. The van der Waals surface area contributed by atoms with Crippen LogP contribution in [0.2, 0.25) is 0 Å². The van der Waals surface area contributed by atoms with Crippen LogP contribution in [0.5, 0.6) is 0 Å². The molecule has 3 nitrogen and oxygen atoms in total. The van der Waals surface area contributed by atoms with Crippen LogP contribution in [0.25, 0.3) is 0 Å². The van der Waals surface area contributed by atoms with Crippen molar-refractivity contribution in [2.45, 2.75) is 0 Å². The maximum atomic E-state index is 12.7. The molecule has 0 aliphatic rings. The summed E-state index contributed by atoms with van der Waals surface area (Å²) < 4.78 is 12.7. The number of aromatic nitrogens is 1. The summed E-state index contributed by atoms with van der Waals surface area (Å²) in [4.78, 5) is 4.04. The molecule has 2 rings (SSSR count). The van der Waals surface area contributed by atoms with Crippen molar-refractivity contribution in [2.75, 3.05) is 5.43 Å². The van der Waals surface area contributed by atoms with Crippen LogP contribution in [0.15, 0.2) is 53.8 Å². The van der Waals surface area contributed by atoms with E-state index in [-0.39, 0.29) is 11.0 Å². The van der Waals surface area contributed by atoms with Gasteiger partial charge >= 0.3 is 0 Å². The Morgan fingerprint density at radius 3 is 2.59 bits per heavy atom. The number of pyridine rings is 1. The zero-order valence-corrected chi connectivity index (χ0v) is 9.53. The van der Waals surface area contributed by atoms with Crippen LogP contribution in [-0.4, -0.2) is 10.2 Å². The van der Waals surface area contributed by atoms with E-state index in [1.807, 2.05) is 6.07 Å². The number of hydrogen-bond acceptors (Lipinski definition) is 3. The van der Waals surface area contributed by atoms with Gasteiger partial charge in [-0.05, 0) is 36.4 Å². The van der Waals surface area contributed by atoms with E-state index in [0.717, 1.165) is 0 Å². The van der Waals surface area contributed by atoms with Crippen LogP contribution in [-0.2, 0) is 0 Å². The molecule has 0 atom stereocenters. The van der Waals surface area contributed by atoms with Crippen molar-refractivity contribution >= 4 is 22.5 Å². The Bertz CT molecular complexity index is 511. The van der Waals surface area contributed by atoms with Crippen LogP contribution in [0.1, 0.15) is 5.69 Å². The highest BCUT2D eigenvalue weighted by molar-refractivity contribution is 6.69. The lowest BCUT2D eigenvalue weighted by Crippen LogP contribution is -1.99. The van der Waals surface area contributed by atoms with Crippen LogP contribution in [0, 0.1) is 5.82 Å². The Morgan fingerprint density at radius 2 is 1.94 bits per heavy atom. The van der Waals surface area contributed by atoms with Gasteiger partial charge in [-0.2, -0.15) is 5.10 Å². The molecule has 5 heteroatoms. The van der Waals surface area contributed by atoms with Gasteiger partial charge in [-0.25, -0.2) is 4.39 Å². The summed E-state index contributed by atoms with van der Waals surface area (Å²) in [7, 11) is 0. The number of nitrogens with one attached hydrogen (secondary N) is 1. The molecule has 0 bridgehead atoms. The zero-order chi connectivity index (χ0) is 12.1. The number of halogens is 2. The van der Waals surface area contributed by atoms with E-state index in [0.29, 0.717) is 11.4 Å². The minimum absolute atomic E-state index is 0.245. The lowest BCUT2D eigenvalue weighted by Gasteiger charge is -2.01. The molecular formula is C12H9ClFN3. The fraction of sp³-hybridized carbons (Fsp3) is 0. The highest BCUT2D eigenvalue weighted by atomic mass is 35.5. The predicted molar refractivity (Wildman–Crippen MR) is 66.6 cm³/mol.